The van der Waals surface area contributed by atoms with Gasteiger partial charge in [0, 0.05) is 22.2 Å². The van der Waals surface area contributed by atoms with Crippen LogP contribution in [0.4, 0.5) is 5.69 Å². The molecule has 3 N–H and O–H groups in total. The third kappa shape index (κ3) is 2.67. The smallest absolute Gasteiger partial charge is 0.256 e. The summed E-state index contributed by atoms with van der Waals surface area (Å²) in [5, 5.41) is 9.78. The molecule has 2 fully saturated rings. The second-order valence-electron chi connectivity index (χ2n) is 5.45. The SMILES string of the molecule is Cl.Nc1cc(Br)ccc1C(=O)N1C2CCC1CC(O)C2. The van der Waals surface area contributed by atoms with Crippen molar-refractivity contribution in [2.45, 2.75) is 43.9 Å². The van der Waals surface area contributed by atoms with Crippen LogP contribution in [0.25, 0.3) is 0 Å². The monoisotopic (exact) mass is 360 g/mol. The number of hydrogen-bond donors (Lipinski definition) is 2. The number of amides is 1. The largest absolute Gasteiger partial charge is 0.398 e. The molecule has 0 spiro atoms. The van der Waals surface area contributed by atoms with E-state index in [1.807, 2.05) is 11.0 Å². The van der Waals surface area contributed by atoms with Crippen LogP contribution in [-0.4, -0.2) is 34.1 Å². The van der Waals surface area contributed by atoms with Crippen molar-refractivity contribution in [2.75, 3.05) is 5.73 Å². The number of anilines is 1. The van der Waals surface area contributed by atoms with Gasteiger partial charge in [0.1, 0.15) is 0 Å². The van der Waals surface area contributed by atoms with Crippen molar-refractivity contribution in [1.29, 1.82) is 0 Å². The van der Waals surface area contributed by atoms with Crippen LogP contribution in [0.5, 0.6) is 0 Å². The van der Waals surface area contributed by atoms with Gasteiger partial charge < -0.3 is 15.7 Å². The van der Waals surface area contributed by atoms with Crippen molar-refractivity contribution in [2.24, 2.45) is 0 Å². The van der Waals surface area contributed by atoms with Crippen LogP contribution in [0.15, 0.2) is 22.7 Å². The molecule has 0 radical (unpaired) electrons. The number of aliphatic hydroxyl groups excluding tert-OH is 1. The normalized spacial score (nSPS) is 28.1. The van der Waals surface area contributed by atoms with Crippen molar-refractivity contribution in [3.63, 3.8) is 0 Å². The minimum absolute atomic E-state index is 0. The molecule has 2 aliphatic rings. The molecule has 2 heterocycles. The molecule has 20 heavy (non-hydrogen) atoms. The van der Waals surface area contributed by atoms with Crippen LogP contribution in [0.3, 0.4) is 0 Å². The fourth-order valence-corrected chi connectivity index (χ4v) is 3.73. The standard InChI is InChI=1S/C14H17BrN2O2.ClH/c15-8-1-4-12(13(16)5-8)14(19)17-9-2-3-10(17)7-11(18)6-9;/h1,4-5,9-11,18H,2-3,6-7,16H2;1H. The van der Waals surface area contributed by atoms with E-state index in [1.165, 1.54) is 0 Å². The fourth-order valence-electron chi connectivity index (χ4n) is 3.35. The van der Waals surface area contributed by atoms with Crippen LogP contribution >= 0.6 is 28.3 Å². The van der Waals surface area contributed by atoms with E-state index in [1.54, 1.807) is 12.1 Å². The Balaban J connectivity index is 0.00000147. The highest BCUT2D eigenvalue weighted by molar-refractivity contribution is 9.10. The molecule has 2 atom stereocenters. The van der Waals surface area contributed by atoms with Crippen LogP contribution in [0.1, 0.15) is 36.0 Å². The molecule has 1 aromatic rings. The lowest BCUT2D eigenvalue weighted by molar-refractivity contribution is 0.0287. The number of nitrogen functional groups attached to an aromatic ring is 1. The van der Waals surface area contributed by atoms with E-state index in [9.17, 15) is 9.90 Å². The van der Waals surface area contributed by atoms with E-state index in [4.69, 9.17) is 5.73 Å². The first-order chi connectivity index (χ1) is 9.06. The zero-order valence-electron chi connectivity index (χ0n) is 11.0. The van der Waals surface area contributed by atoms with E-state index in [0.29, 0.717) is 24.1 Å². The highest BCUT2D eigenvalue weighted by Gasteiger charge is 2.43. The maximum atomic E-state index is 12.6. The first kappa shape index (κ1) is 15.6. The lowest BCUT2D eigenvalue weighted by Gasteiger charge is -2.37. The fraction of sp³-hybridized carbons (Fsp3) is 0.500. The number of benzene rings is 1. The topological polar surface area (TPSA) is 66.6 Å². The predicted octanol–water partition coefficient (Wildman–Crippen LogP) is 2.58. The third-order valence-corrected chi connectivity index (χ3v) is 4.68. The zero-order chi connectivity index (χ0) is 13.6. The summed E-state index contributed by atoms with van der Waals surface area (Å²) in [7, 11) is 0. The third-order valence-electron chi connectivity index (χ3n) is 4.19. The van der Waals surface area contributed by atoms with Gasteiger partial charge in [-0.2, -0.15) is 0 Å². The molecular weight excluding hydrogens is 344 g/mol. The first-order valence-corrected chi connectivity index (χ1v) is 7.41. The number of carbonyl (C=O) groups excluding carboxylic acids is 1. The number of rotatable bonds is 1. The van der Waals surface area contributed by atoms with Gasteiger partial charge in [-0.3, -0.25) is 4.79 Å². The lowest BCUT2D eigenvalue weighted by Crippen LogP contribution is -2.48. The average Bonchev–Trinajstić information content (AvgIpc) is 2.61. The lowest BCUT2D eigenvalue weighted by atomic mass is 9.98. The summed E-state index contributed by atoms with van der Waals surface area (Å²) in [4.78, 5) is 14.6. The molecule has 0 aromatic heterocycles. The Kier molecular flexibility index (Phi) is 4.62. The molecular formula is C14H18BrClN2O2. The van der Waals surface area contributed by atoms with Crippen LogP contribution in [-0.2, 0) is 0 Å². The van der Waals surface area contributed by atoms with E-state index in [2.05, 4.69) is 15.9 Å². The summed E-state index contributed by atoms with van der Waals surface area (Å²) in [5.74, 6) is 0.00407. The average molecular weight is 362 g/mol. The van der Waals surface area contributed by atoms with Gasteiger partial charge in [0.25, 0.3) is 5.91 Å². The number of carbonyl (C=O) groups is 1. The zero-order valence-corrected chi connectivity index (χ0v) is 13.4. The van der Waals surface area contributed by atoms with Gasteiger partial charge in [-0.15, -0.1) is 12.4 Å². The summed E-state index contributed by atoms with van der Waals surface area (Å²) in [5.41, 5.74) is 7.01. The molecule has 2 unspecified atom stereocenters. The number of piperidine rings is 1. The number of halogens is 2. The highest BCUT2D eigenvalue weighted by Crippen LogP contribution is 2.37. The summed E-state index contributed by atoms with van der Waals surface area (Å²) in [6, 6.07) is 5.71. The number of nitrogens with two attached hydrogens (primary N) is 1. The van der Waals surface area contributed by atoms with Crippen LogP contribution in [0, 0.1) is 0 Å². The quantitative estimate of drug-likeness (QED) is 0.756. The highest BCUT2D eigenvalue weighted by atomic mass is 79.9. The molecule has 0 aliphatic carbocycles. The van der Waals surface area contributed by atoms with Crippen molar-refractivity contribution in [3.8, 4) is 0 Å². The molecule has 2 bridgehead atoms. The summed E-state index contributed by atoms with van der Waals surface area (Å²) < 4.78 is 0.874. The molecule has 1 aromatic carbocycles. The molecule has 6 heteroatoms. The van der Waals surface area contributed by atoms with Gasteiger partial charge in [-0.25, -0.2) is 0 Å². The van der Waals surface area contributed by atoms with Gasteiger partial charge in [0.15, 0.2) is 0 Å². The molecule has 1 amide bonds. The van der Waals surface area contributed by atoms with Gasteiger partial charge in [0.05, 0.1) is 11.7 Å². The predicted molar refractivity (Wildman–Crippen MR) is 84.0 cm³/mol. The van der Waals surface area contributed by atoms with E-state index in [0.717, 1.165) is 17.3 Å². The Hall–Kier alpha value is -0.780. The number of nitrogens with zero attached hydrogens (tertiary/aromatic N) is 1. The Morgan fingerprint density at radius 3 is 2.45 bits per heavy atom. The minimum atomic E-state index is -0.260. The van der Waals surface area contributed by atoms with Crippen molar-refractivity contribution >= 4 is 39.9 Å². The number of hydrogen-bond acceptors (Lipinski definition) is 3. The second-order valence-corrected chi connectivity index (χ2v) is 6.37. The Bertz CT molecular complexity index is 512. The second kappa shape index (κ2) is 5.92. The molecule has 3 rings (SSSR count). The maximum absolute atomic E-state index is 12.6. The molecule has 0 saturated carbocycles. The van der Waals surface area contributed by atoms with E-state index < -0.39 is 0 Å². The molecule has 2 aliphatic heterocycles. The summed E-state index contributed by atoms with van der Waals surface area (Å²) in [6.45, 7) is 0. The minimum Gasteiger partial charge on any atom is -0.398 e. The summed E-state index contributed by atoms with van der Waals surface area (Å²) >= 11 is 3.35. The van der Waals surface area contributed by atoms with Gasteiger partial charge in [0.2, 0.25) is 0 Å². The number of fused-ring (bicyclic) bond motifs is 2. The van der Waals surface area contributed by atoms with Gasteiger partial charge in [-0.05, 0) is 43.9 Å². The first-order valence-electron chi connectivity index (χ1n) is 6.62. The van der Waals surface area contributed by atoms with E-state index >= 15 is 0 Å². The van der Waals surface area contributed by atoms with Gasteiger partial charge in [-0.1, -0.05) is 15.9 Å². The van der Waals surface area contributed by atoms with E-state index in [-0.39, 0.29) is 36.5 Å². The molecule has 110 valence electrons. The summed E-state index contributed by atoms with van der Waals surface area (Å²) in [6.07, 6.45) is 3.11. The maximum Gasteiger partial charge on any atom is 0.256 e. The Morgan fingerprint density at radius 2 is 1.90 bits per heavy atom. The van der Waals surface area contributed by atoms with Gasteiger partial charge >= 0.3 is 0 Å². The Morgan fingerprint density at radius 1 is 1.30 bits per heavy atom. The molecule has 4 nitrogen and oxygen atoms in total. The molecule has 2 saturated heterocycles. The van der Waals surface area contributed by atoms with Crippen LogP contribution < -0.4 is 5.73 Å². The number of aliphatic hydroxyl groups is 1. The van der Waals surface area contributed by atoms with Crippen molar-refractivity contribution in [1.82, 2.24) is 4.90 Å². The Labute approximate surface area is 132 Å². The van der Waals surface area contributed by atoms with Crippen molar-refractivity contribution in [3.05, 3.63) is 28.2 Å². The van der Waals surface area contributed by atoms with Crippen LogP contribution in [0.2, 0.25) is 0 Å². The van der Waals surface area contributed by atoms with Crippen molar-refractivity contribution < 1.29 is 9.90 Å².